The molecule has 0 spiro atoms. The second-order valence-corrected chi connectivity index (χ2v) is 8.04. The molecule has 1 fully saturated rings. The van der Waals surface area contributed by atoms with Gasteiger partial charge in [0.1, 0.15) is 5.82 Å². The zero-order valence-corrected chi connectivity index (χ0v) is 16.6. The molecule has 146 valence electrons. The Morgan fingerprint density at radius 1 is 1.04 bits per heavy atom. The monoisotopic (exact) mass is 397 g/mol. The Hall–Kier alpha value is -2.36. The standard InChI is InChI=1S/C22H24FN3OS/c23-20-6-8-21(9-7-20)28-15-10-22(27)26-12-1-11-25(13-14-26)17-19-4-2-18(16-24)3-5-19/h2-9H,1,10-15,17H2. The van der Waals surface area contributed by atoms with E-state index in [4.69, 9.17) is 5.26 Å². The van der Waals surface area contributed by atoms with Gasteiger partial charge >= 0.3 is 0 Å². The summed E-state index contributed by atoms with van der Waals surface area (Å²) in [6, 6.07) is 16.2. The molecular formula is C22H24FN3OS. The Bertz CT molecular complexity index is 817. The number of thioether (sulfide) groups is 1. The first-order valence-electron chi connectivity index (χ1n) is 9.51. The summed E-state index contributed by atoms with van der Waals surface area (Å²) >= 11 is 1.58. The molecule has 0 N–H and O–H groups in total. The van der Waals surface area contributed by atoms with E-state index in [1.165, 1.54) is 17.7 Å². The van der Waals surface area contributed by atoms with Crippen LogP contribution in [0.5, 0.6) is 0 Å². The summed E-state index contributed by atoms with van der Waals surface area (Å²) in [5.41, 5.74) is 1.87. The van der Waals surface area contributed by atoms with E-state index in [9.17, 15) is 9.18 Å². The van der Waals surface area contributed by atoms with Gasteiger partial charge in [0.25, 0.3) is 0 Å². The van der Waals surface area contributed by atoms with Crippen LogP contribution in [0, 0.1) is 17.1 Å². The summed E-state index contributed by atoms with van der Waals surface area (Å²) in [6.45, 7) is 4.21. The molecule has 0 bridgehead atoms. The van der Waals surface area contributed by atoms with Gasteiger partial charge in [0, 0.05) is 49.8 Å². The van der Waals surface area contributed by atoms with E-state index >= 15 is 0 Å². The van der Waals surface area contributed by atoms with Crippen LogP contribution >= 0.6 is 11.8 Å². The van der Waals surface area contributed by atoms with Crippen molar-refractivity contribution in [3.63, 3.8) is 0 Å². The van der Waals surface area contributed by atoms with Gasteiger partial charge in [-0.05, 0) is 48.4 Å². The SMILES string of the molecule is N#Cc1ccc(CN2CCCN(C(=O)CCSc3ccc(F)cc3)CC2)cc1. The molecule has 0 saturated carbocycles. The molecule has 0 aromatic heterocycles. The Labute approximate surface area is 169 Å². The number of carbonyl (C=O) groups is 1. The summed E-state index contributed by atoms with van der Waals surface area (Å²) in [5.74, 6) is 0.654. The molecule has 1 heterocycles. The number of benzene rings is 2. The molecule has 2 aromatic carbocycles. The fraction of sp³-hybridized carbons (Fsp3) is 0.364. The second-order valence-electron chi connectivity index (χ2n) is 6.87. The van der Waals surface area contributed by atoms with E-state index in [1.54, 1.807) is 23.9 Å². The highest BCUT2D eigenvalue weighted by Gasteiger charge is 2.19. The van der Waals surface area contributed by atoms with Crippen LogP contribution in [0.15, 0.2) is 53.4 Å². The van der Waals surface area contributed by atoms with Gasteiger partial charge in [-0.3, -0.25) is 9.69 Å². The van der Waals surface area contributed by atoms with Crippen LogP contribution in [0.25, 0.3) is 0 Å². The summed E-state index contributed by atoms with van der Waals surface area (Å²) in [7, 11) is 0. The van der Waals surface area contributed by atoms with E-state index in [0.717, 1.165) is 44.0 Å². The van der Waals surface area contributed by atoms with Gasteiger partial charge in [0.05, 0.1) is 11.6 Å². The molecule has 0 atom stereocenters. The minimum atomic E-state index is -0.240. The van der Waals surface area contributed by atoms with Crippen molar-refractivity contribution in [3.8, 4) is 6.07 Å². The van der Waals surface area contributed by atoms with Crippen molar-refractivity contribution < 1.29 is 9.18 Å². The van der Waals surface area contributed by atoms with Crippen molar-refractivity contribution in [1.82, 2.24) is 9.80 Å². The predicted octanol–water partition coefficient (Wildman–Crippen LogP) is 3.91. The molecular weight excluding hydrogens is 373 g/mol. The molecule has 3 rings (SSSR count). The molecule has 0 radical (unpaired) electrons. The molecule has 1 amide bonds. The normalized spacial score (nSPS) is 15.1. The molecule has 0 aliphatic carbocycles. The van der Waals surface area contributed by atoms with E-state index in [1.807, 2.05) is 29.2 Å². The Morgan fingerprint density at radius 3 is 2.50 bits per heavy atom. The van der Waals surface area contributed by atoms with Crippen molar-refractivity contribution in [2.75, 3.05) is 31.9 Å². The number of amides is 1. The van der Waals surface area contributed by atoms with Gasteiger partial charge in [-0.15, -0.1) is 11.8 Å². The van der Waals surface area contributed by atoms with Crippen LogP contribution in [-0.2, 0) is 11.3 Å². The third-order valence-electron chi connectivity index (χ3n) is 4.83. The van der Waals surface area contributed by atoms with Gasteiger partial charge in [-0.25, -0.2) is 4.39 Å². The average Bonchev–Trinajstić information content (AvgIpc) is 2.96. The quantitative estimate of drug-likeness (QED) is 0.694. The third-order valence-corrected chi connectivity index (χ3v) is 5.84. The fourth-order valence-electron chi connectivity index (χ4n) is 3.27. The average molecular weight is 398 g/mol. The summed E-state index contributed by atoms with van der Waals surface area (Å²) in [4.78, 5) is 17.8. The van der Waals surface area contributed by atoms with Crippen LogP contribution in [0.4, 0.5) is 4.39 Å². The fourth-order valence-corrected chi connectivity index (χ4v) is 4.11. The lowest BCUT2D eigenvalue weighted by molar-refractivity contribution is -0.130. The minimum absolute atomic E-state index is 0.190. The van der Waals surface area contributed by atoms with Crippen molar-refractivity contribution in [1.29, 1.82) is 5.26 Å². The number of nitrogens with zero attached hydrogens (tertiary/aromatic N) is 3. The second kappa shape index (κ2) is 10.3. The first-order valence-corrected chi connectivity index (χ1v) is 10.5. The maximum atomic E-state index is 12.9. The summed E-state index contributed by atoms with van der Waals surface area (Å²) in [6.07, 6.45) is 1.46. The Kier molecular flexibility index (Phi) is 7.46. The van der Waals surface area contributed by atoms with E-state index < -0.39 is 0 Å². The number of rotatable bonds is 6. The van der Waals surface area contributed by atoms with E-state index in [-0.39, 0.29) is 11.7 Å². The van der Waals surface area contributed by atoms with Crippen LogP contribution in [-0.4, -0.2) is 47.6 Å². The molecule has 4 nitrogen and oxygen atoms in total. The number of carbonyl (C=O) groups excluding carboxylic acids is 1. The van der Waals surface area contributed by atoms with Crippen LogP contribution < -0.4 is 0 Å². The highest BCUT2D eigenvalue weighted by Crippen LogP contribution is 2.19. The zero-order chi connectivity index (χ0) is 19.8. The predicted molar refractivity (Wildman–Crippen MR) is 109 cm³/mol. The minimum Gasteiger partial charge on any atom is -0.341 e. The topological polar surface area (TPSA) is 47.3 Å². The van der Waals surface area contributed by atoms with E-state index in [0.29, 0.717) is 17.7 Å². The van der Waals surface area contributed by atoms with Gasteiger partial charge in [0.2, 0.25) is 5.91 Å². The number of hydrogen-bond acceptors (Lipinski definition) is 4. The molecule has 28 heavy (non-hydrogen) atoms. The highest BCUT2D eigenvalue weighted by molar-refractivity contribution is 7.99. The van der Waals surface area contributed by atoms with Crippen LogP contribution in [0.1, 0.15) is 24.0 Å². The van der Waals surface area contributed by atoms with Crippen molar-refractivity contribution in [2.24, 2.45) is 0 Å². The van der Waals surface area contributed by atoms with Gasteiger partial charge < -0.3 is 4.90 Å². The maximum Gasteiger partial charge on any atom is 0.223 e. The molecule has 6 heteroatoms. The highest BCUT2D eigenvalue weighted by atomic mass is 32.2. The number of hydrogen-bond donors (Lipinski definition) is 0. The van der Waals surface area contributed by atoms with Gasteiger partial charge in [0.15, 0.2) is 0 Å². The lowest BCUT2D eigenvalue weighted by Crippen LogP contribution is -2.35. The van der Waals surface area contributed by atoms with Gasteiger partial charge in [-0.2, -0.15) is 5.26 Å². The zero-order valence-electron chi connectivity index (χ0n) is 15.8. The van der Waals surface area contributed by atoms with Crippen molar-refractivity contribution in [2.45, 2.75) is 24.3 Å². The molecule has 2 aromatic rings. The number of nitriles is 1. The Morgan fingerprint density at radius 2 is 1.79 bits per heavy atom. The first-order chi connectivity index (χ1) is 13.6. The summed E-state index contributed by atoms with van der Waals surface area (Å²) in [5, 5.41) is 8.89. The summed E-state index contributed by atoms with van der Waals surface area (Å²) < 4.78 is 12.9. The lowest BCUT2D eigenvalue weighted by Gasteiger charge is -2.22. The van der Waals surface area contributed by atoms with Crippen molar-refractivity contribution in [3.05, 3.63) is 65.5 Å². The van der Waals surface area contributed by atoms with E-state index in [2.05, 4.69) is 11.0 Å². The molecule has 1 saturated heterocycles. The van der Waals surface area contributed by atoms with Gasteiger partial charge in [-0.1, -0.05) is 12.1 Å². The third kappa shape index (κ3) is 6.08. The number of halogens is 1. The van der Waals surface area contributed by atoms with Crippen LogP contribution in [0.2, 0.25) is 0 Å². The van der Waals surface area contributed by atoms with Crippen LogP contribution in [0.3, 0.4) is 0 Å². The maximum absolute atomic E-state index is 12.9. The van der Waals surface area contributed by atoms with Crippen molar-refractivity contribution >= 4 is 17.7 Å². The lowest BCUT2D eigenvalue weighted by atomic mass is 10.1. The largest absolute Gasteiger partial charge is 0.341 e. The Balaban J connectivity index is 1.42. The first kappa shape index (κ1) is 20.4. The molecule has 1 aliphatic rings. The molecule has 0 unspecified atom stereocenters. The molecule has 1 aliphatic heterocycles. The smallest absolute Gasteiger partial charge is 0.223 e.